The molecule has 2 amide bonds. The molecule has 0 atom stereocenters. The number of ether oxygens (including phenoxy) is 1. The molecule has 0 radical (unpaired) electrons. The Bertz CT molecular complexity index is 660. The fourth-order valence-corrected chi connectivity index (χ4v) is 2.57. The molecule has 0 bridgehead atoms. The van der Waals surface area contributed by atoms with Gasteiger partial charge >= 0.3 is 6.03 Å². The van der Waals surface area contributed by atoms with Crippen molar-refractivity contribution in [3.8, 4) is 0 Å². The maximum Gasteiger partial charge on any atom is 0.317 e. The van der Waals surface area contributed by atoms with Crippen molar-refractivity contribution >= 4 is 17.6 Å². The lowest BCUT2D eigenvalue weighted by atomic mass is 10.2. The van der Waals surface area contributed by atoms with E-state index in [1.165, 1.54) is 0 Å². The summed E-state index contributed by atoms with van der Waals surface area (Å²) in [5.74, 6) is 0.817. The van der Waals surface area contributed by atoms with Crippen LogP contribution in [0.5, 0.6) is 0 Å². The molecule has 0 saturated carbocycles. The van der Waals surface area contributed by atoms with E-state index in [2.05, 4.69) is 10.3 Å². The molecule has 0 fully saturated rings. The summed E-state index contributed by atoms with van der Waals surface area (Å²) in [4.78, 5) is 18.3. The number of urea groups is 1. The van der Waals surface area contributed by atoms with E-state index in [0.29, 0.717) is 37.8 Å². The highest BCUT2D eigenvalue weighted by Gasteiger charge is 2.15. The van der Waals surface area contributed by atoms with Crippen molar-refractivity contribution in [3.05, 3.63) is 53.1 Å². The Morgan fingerprint density at radius 1 is 1.46 bits per heavy atom. The lowest BCUT2D eigenvalue weighted by Crippen LogP contribution is -2.41. The third-order valence-electron chi connectivity index (χ3n) is 3.56. The molecule has 7 heteroatoms. The number of hydrogen-bond donors (Lipinski definition) is 1. The fourth-order valence-electron chi connectivity index (χ4n) is 2.36. The molecule has 2 aromatic rings. The van der Waals surface area contributed by atoms with Gasteiger partial charge in [-0.1, -0.05) is 23.7 Å². The predicted octanol–water partition coefficient (Wildman–Crippen LogP) is 2.76. The van der Waals surface area contributed by atoms with E-state index >= 15 is 0 Å². The maximum atomic E-state index is 12.2. The molecular formula is C17H23ClN4O2. The standard InChI is InChI=1S/C17H23ClN4O2/c1-3-19-17(23)22(9-10-24-2)13-16-20-7-8-21(16)12-14-5-4-6-15(18)11-14/h4-8,11H,3,9-10,12-13H2,1-2H3,(H,19,23). The number of nitrogens with zero attached hydrogens (tertiary/aromatic N) is 3. The van der Waals surface area contributed by atoms with Crippen LogP contribution in [0.1, 0.15) is 18.3 Å². The number of aromatic nitrogens is 2. The van der Waals surface area contributed by atoms with Crippen LogP contribution in [0.4, 0.5) is 4.79 Å². The van der Waals surface area contributed by atoms with Crippen LogP contribution >= 0.6 is 11.6 Å². The van der Waals surface area contributed by atoms with Crippen LogP contribution in [-0.4, -0.2) is 47.3 Å². The summed E-state index contributed by atoms with van der Waals surface area (Å²) in [5, 5.41) is 3.53. The third-order valence-corrected chi connectivity index (χ3v) is 3.79. The molecule has 1 aromatic heterocycles. The van der Waals surface area contributed by atoms with Gasteiger partial charge in [-0.15, -0.1) is 0 Å². The first kappa shape index (κ1) is 18.3. The van der Waals surface area contributed by atoms with Crippen LogP contribution in [0.15, 0.2) is 36.7 Å². The molecule has 1 aromatic carbocycles. The first-order valence-corrected chi connectivity index (χ1v) is 8.28. The van der Waals surface area contributed by atoms with Gasteiger partial charge in [0.25, 0.3) is 0 Å². The van der Waals surface area contributed by atoms with Gasteiger partial charge in [0.2, 0.25) is 0 Å². The molecule has 0 aliphatic heterocycles. The zero-order valence-electron chi connectivity index (χ0n) is 14.0. The molecule has 1 N–H and O–H groups in total. The summed E-state index contributed by atoms with van der Waals surface area (Å²) in [6.07, 6.45) is 3.65. The van der Waals surface area contributed by atoms with Gasteiger partial charge in [0.05, 0.1) is 13.2 Å². The largest absolute Gasteiger partial charge is 0.383 e. The number of hydrogen-bond acceptors (Lipinski definition) is 3. The normalized spacial score (nSPS) is 10.6. The van der Waals surface area contributed by atoms with Crippen molar-refractivity contribution < 1.29 is 9.53 Å². The Morgan fingerprint density at radius 3 is 3.00 bits per heavy atom. The van der Waals surface area contributed by atoms with Gasteiger partial charge in [0.1, 0.15) is 5.82 Å². The first-order valence-electron chi connectivity index (χ1n) is 7.90. The molecular weight excluding hydrogens is 328 g/mol. The zero-order valence-corrected chi connectivity index (χ0v) is 14.8. The zero-order chi connectivity index (χ0) is 17.4. The van der Waals surface area contributed by atoms with Crippen LogP contribution in [0.2, 0.25) is 5.02 Å². The van der Waals surface area contributed by atoms with Crippen molar-refractivity contribution in [2.75, 3.05) is 26.8 Å². The highest BCUT2D eigenvalue weighted by molar-refractivity contribution is 6.30. The second-order valence-corrected chi connectivity index (χ2v) is 5.79. The van der Waals surface area contributed by atoms with Crippen LogP contribution in [-0.2, 0) is 17.8 Å². The van der Waals surface area contributed by atoms with Gasteiger partial charge in [0.15, 0.2) is 0 Å². The van der Waals surface area contributed by atoms with Crippen LogP contribution in [0.25, 0.3) is 0 Å². The molecule has 0 spiro atoms. The number of amides is 2. The highest BCUT2D eigenvalue weighted by atomic mass is 35.5. The number of rotatable bonds is 8. The quantitative estimate of drug-likeness (QED) is 0.796. The average Bonchev–Trinajstić information content (AvgIpc) is 2.98. The molecule has 130 valence electrons. The second-order valence-electron chi connectivity index (χ2n) is 5.35. The van der Waals surface area contributed by atoms with Gasteiger partial charge in [-0.25, -0.2) is 9.78 Å². The minimum atomic E-state index is -0.119. The maximum absolute atomic E-state index is 12.2. The van der Waals surface area contributed by atoms with Crippen molar-refractivity contribution in [3.63, 3.8) is 0 Å². The number of nitrogens with one attached hydrogen (secondary N) is 1. The van der Waals surface area contributed by atoms with Gasteiger partial charge in [-0.2, -0.15) is 0 Å². The minimum Gasteiger partial charge on any atom is -0.383 e. The Balaban J connectivity index is 2.10. The van der Waals surface area contributed by atoms with E-state index < -0.39 is 0 Å². The Kier molecular flexibility index (Phi) is 7.08. The van der Waals surface area contributed by atoms with E-state index in [1.807, 2.05) is 42.0 Å². The SMILES string of the molecule is CCNC(=O)N(CCOC)Cc1nccn1Cc1cccc(Cl)c1. The lowest BCUT2D eigenvalue weighted by Gasteiger charge is -2.22. The summed E-state index contributed by atoms with van der Waals surface area (Å²) in [5.41, 5.74) is 1.09. The van der Waals surface area contributed by atoms with E-state index in [0.717, 1.165) is 11.4 Å². The van der Waals surface area contributed by atoms with E-state index in [1.54, 1.807) is 18.2 Å². The number of halogens is 1. The van der Waals surface area contributed by atoms with Crippen molar-refractivity contribution in [1.29, 1.82) is 0 Å². The van der Waals surface area contributed by atoms with Gasteiger partial charge < -0.3 is 19.5 Å². The van der Waals surface area contributed by atoms with E-state index in [9.17, 15) is 4.79 Å². The smallest absolute Gasteiger partial charge is 0.317 e. The molecule has 2 rings (SSSR count). The number of imidazole rings is 1. The summed E-state index contributed by atoms with van der Waals surface area (Å²) in [6, 6.07) is 7.60. The van der Waals surface area contributed by atoms with E-state index in [4.69, 9.17) is 16.3 Å². The number of carbonyl (C=O) groups is 1. The van der Waals surface area contributed by atoms with Gasteiger partial charge in [0, 0.05) is 44.2 Å². The molecule has 1 heterocycles. The lowest BCUT2D eigenvalue weighted by molar-refractivity contribution is 0.145. The topological polar surface area (TPSA) is 59.4 Å². The van der Waals surface area contributed by atoms with Crippen molar-refractivity contribution in [2.24, 2.45) is 0 Å². The molecule has 0 aliphatic rings. The second kappa shape index (κ2) is 9.30. The molecule has 6 nitrogen and oxygen atoms in total. The molecule has 24 heavy (non-hydrogen) atoms. The average molecular weight is 351 g/mol. The van der Waals surface area contributed by atoms with Crippen LogP contribution in [0.3, 0.4) is 0 Å². The van der Waals surface area contributed by atoms with Crippen molar-refractivity contribution in [2.45, 2.75) is 20.0 Å². The van der Waals surface area contributed by atoms with Crippen LogP contribution in [0, 0.1) is 0 Å². The molecule has 0 unspecified atom stereocenters. The minimum absolute atomic E-state index is 0.119. The van der Waals surface area contributed by atoms with Gasteiger partial charge in [-0.3, -0.25) is 0 Å². The Labute approximate surface area is 147 Å². The summed E-state index contributed by atoms with van der Waals surface area (Å²) in [6.45, 7) is 4.54. The number of carbonyl (C=O) groups excluding carboxylic acids is 1. The number of methoxy groups -OCH3 is 1. The van der Waals surface area contributed by atoms with Gasteiger partial charge in [-0.05, 0) is 24.6 Å². The van der Waals surface area contributed by atoms with Crippen LogP contribution < -0.4 is 5.32 Å². The molecule has 0 aliphatic carbocycles. The highest BCUT2D eigenvalue weighted by Crippen LogP contribution is 2.13. The van der Waals surface area contributed by atoms with Crippen molar-refractivity contribution in [1.82, 2.24) is 19.8 Å². The Hall–Kier alpha value is -2.05. The molecule has 0 saturated heterocycles. The third kappa shape index (κ3) is 5.25. The summed E-state index contributed by atoms with van der Waals surface area (Å²) < 4.78 is 7.11. The summed E-state index contributed by atoms with van der Waals surface area (Å²) in [7, 11) is 1.62. The monoisotopic (exact) mass is 350 g/mol. The summed E-state index contributed by atoms with van der Waals surface area (Å²) >= 11 is 6.04. The predicted molar refractivity (Wildman–Crippen MR) is 94.1 cm³/mol. The van der Waals surface area contributed by atoms with E-state index in [-0.39, 0.29) is 6.03 Å². The Morgan fingerprint density at radius 2 is 2.29 bits per heavy atom. The first-order chi connectivity index (χ1) is 11.6. The fraction of sp³-hybridized carbons (Fsp3) is 0.412. The number of benzene rings is 1.